The molecule has 1 saturated carbocycles. The van der Waals surface area contributed by atoms with E-state index >= 15 is 0 Å². The van der Waals surface area contributed by atoms with Gasteiger partial charge in [0.2, 0.25) is 0 Å². The Morgan fingerprint density at radius 2 is 2.00 bits per heavy atom. The van der Waals surface area contributed by atoms with Gasteiger partial charge < -0.3 is 26.4 Å². The summed E-state index contributed by atoms with van der Waals surface area (Å²) in [4.78, 5) is 37.6. The fourth-order valence-corrected chi connectivity index (χ4v) is 2.75. The molecule has 2 heterocycles. The number of aliphatic hydroxyl groups is 1. The molecule has 1 aliphatic rings. The number of hydrogen-bond acceptors (Lipinski definition) is 9. The number of carbonyl (C=O) groups is 2. The molecule has 0 radical (unpaired) electrons. The number of carbonyl (C=O) groups excluding carboxylic acids is 2. The maximum absolute atomic E-state index is 13.1. The average Bonchev–Trinajstić information content (AvgIpc) is 3.63. The molecule has 0 spiro atoms. The van der Waals surface area contributed by atoms with Crippen LogP contribution in [0.25, 0.3) is 0 Å². The molecule has 6 N–H and O–H groups in total. The Morgan fingerprint density at radius 1 is 1.26 bits per heavy atom. The van der Waals surface area contributed by atoms with Crippen molar-refractivity contribution in [2.45, 2.75) is 18.8 Å². The summed E-state index contributed by atoms with van der Waals surface area (Å²) in [7, 11) is 1.58. The van der Waals surface area contributed by atoms with E-state index in [0.29, 0.717) is 17.3 Å². The number of aromatic nitrogens is 3. The second-order valence-corrected chi connectivity index (χ2v) is 6.81. The summed E-state index contributed by atoms with van der Waals surface area (Å²) in [5, 5.41) is 27.7. The number of aliphatic hydroxyl groups excluding tert-OH is 1. The monoisotopic (exact) mass is 424 g/mol. The number of amides is 2. The zero-order chi connectivity index (χ0) is 22.2. The Morgan fingerprint density at radius 3 is 2.65 bits per heavy atom. The first-order chi connectivity index (χ1) is 15.0. The van der Waals surface area contributed by atoms with Gasteiger partial charge in [-0.25, -0.2) is 15.0 Å². The van der Waals surface area contributed by atoms with E-state index in [0.717, 1.165) is 18.5 Å². The van der Waals surface area contributed by atoms with E-state index in [1.807, 2.05) is 6.07 Å². The fourth-order valence-electron chi connectivity index (χ4n) is 2.75. The summed E-state index contributed by atoms with van der Waals surface area (Å²) in [6.07, 6.45) is 7.91. The molecule has 31 heavy (non-hydrogen) atoms. The van der Waals surface area contributed by atoms with E-state index in [2.05, 4.69) is 36.2 Å². The van der Waals surface area contributed by atoms with Crippen molar-refractivity contribution in [3.05, 3.63) is 54.1 Å². The van der Waals surface area contributed by atoms with E-state index in [-0.39, 0.29) is 24.5 Å². The number of nitrogens with one attached hydrogen (secondary N) is 5. The first-order valence-corrected chi connectivity index (χ1v) is 9.73. The van der Waals surface area contributed by atoms with E-state index in [9.17, 15) is 9.59 Å². The van der Waals surface area contributed by atoms with Crippen LogP contribution in [-0.2, 0) is 4.79 Å². The van der Waals surface area contributed by atoms with Crippen molar-refractivity contribution in [1.29, 1.82) is 5.41 Å². The third kappa shape index (κ3) is 5.82. The number of rotatable bonds is 10. The first kappa shape index (κ1) is 21.8. The molecule has 1 aliphatic carbocycles. The van der Waals surface area contributed by atoms with E-state index in [1.165, 1.54) is 12.5 Å². The minimum Gasteiger partial charge on any atom is -0.395 e. The average molecular weight is 424 g/mol. The van der Waals surface area contributed by atoms with Crippen LogP contribution in [0.15, 0.2) is 42.8 Å². The Hall–Kier alpha value is -3.86. The van der Waals surface area contributed by atoms with Crippen LogP contribution in [0.5, 0.6) is 0 Å². The zero-order valence-corrected chi connectivity index (χ0v) is 17.0. The second-order valence-electron chi connectivity index (χ2n) is 6.81. The van der Waals surface area contributed by atoms with Crippen LogP contribution in [-0.4, -0.2) is 57.8 Å². The maximum atomic E-state index is 13.1. The summed E-state index contributed by atoms with van der Waals surface area (Å²) in [5.41, 5.74) is 1.47. The van der Waals surface area contributed by atoms with Gasteiger partial charge in [-0.1, -0.05) is 0 Å². The topological polar surface area (TPSA) is 165 Å². The molecular weight excluding hydrogens is 400 g/mol. The van der Waals surface area contributed by atoms with Gasteiger partial charge in [0.05, 0.1) is 36.1 Å². The number of pyridine rings is 1. The molecule has 0 aliphatic heterocycles. The summed E-state index contributed by atoms with van der Waals surface area (Å²) >= 11 is 0. The van der Waals surface area contributed by atoms with Crippen molar-refractivity contribution in [1.82, 2.24) is 30.9 Å². The van der Waals surface area contributed by atoms with Crippen LogP contribution in [0.2, 0.25) is 0 Å². The SMILES string of the molecule is CN/C=C(/NC(=O)c1nc(C2CC2)ccc1Nc1cncnc1)C(=N)C(=O)NCCO. The van der Waals surface area contributed by atoms with Crippen LogP contribution in [0, 0.1) is 5.41 Å². The zero-order valence-electron chi connectivity index (χ0n) is 17.0. The Labute approximate surface area is 178 Å². The van der Waals surface area contributed by atoms with Gasteiger partial charge >= 0.3 is 0 Å². The highest BCUT2D eigenvalue weighted by molar-refractivity contribution is 6.44. The highest BCUT2D eigenvalue weighted by atomic mass is 16.3. The van der Waals surface area contributed by atoms with Gasteiger partial charge in [-0.2, -0.15) is 0 Å². The largest absolute Gasteiger partial charge is 0.395 e. The molecule has 3 rings (SSSR count). The minimum atomic E-state index is -0.727. The number of anilines is 2. The van der Waals surface area contributed by atoms with Gasteiger partial charge in [-0.3, -0.25) is 15.0 Å². The van der Waals surface area contributed by atoms with Crippen LogP contribution in [0.3, 0.4) is 0 Å². The third-order valence-corrected chi connectivity index (χ3v) is 4.40. The first-order valence-electron chi connectivity index (χ1n) is 9.73. The molecule has 0 aromatic carbocycles. The lowest BCUT2D eigenvalue weighted by molar-refractivity contribution is -0.115. The van der Waals surface area contributed by atoms with Gasteiger partial charge in [0, 0.05) is 31.4 Å². The van der Waals surface area contributed by atoms with E-state index < -0.39 is 17.5 Å². The van der Waals surface area contributed by atoms with Crippen LogP contribution in [0.1, 0.15) is 34.9 Å². The normalized spacial score (nSPS) is 13.3. The van der Waals surface area contributed by atoms with Crippen molar-refractivity contribution in [2.24, 2.45) is 0 Å². The van der Waals surface area contributed by atoms with Crippen LogP contribution in [0.4, 0.5) is 11.4 Å². The Kier molecular flexibility index (Phi) is 7.22. The quantitative estimate of drug-likeness (QED) is 0.298. The van der Waals surface area contributed by atoms with E-state index in [4.69, 9.17) is 10.5 Å². The molecule has 2 aromatic heterocycles. The highest BCUT2D eigenvalue weighted by Crippen LogP contribution is 2.39. The van der Waals surface area contributed by atoms with Gasteiger partial charge in [0.1, 0.15) is 12.0 Å². The molecule has 0 bridgehead atoms. The van der Waals surface area contributed by atoms with Gasteiger partial charge in [0.25, 0.3) is 11.8 Å². The van der Waals surface area contributed by atoms with Gasteiger partial charge in [-0.05, 0) is 25.0 Å². The minimum absolute atomic E-state index is 0.000196. The fraction of sp³-hybridized carbons (Fsp3) is 0.300. The smallest absolute Gasteiger partial charge is 0.276 e. The Balaban J connectivity index is 1.85. The summed E-state index contributed by atoms with van der Waals surface area (Å²) < 4.78 is 0. The molecule has 162 valence electrons. The van der Waals surface area contributed by atoms with Crippen molar-refractivity contribution in [2.75, 3.05) is 25.5 Å². The molecular formula is C20H24N8O3. The molecule has 11 heteroatoms. The molecule has 0 atom stereocenters. The molecule has 0 saturated heterocycles. The van der Waals surface area contributed by atoms with Crippen molar-refractivity contribution in [3.8, 4) is 0 Å². The van der Waals surface area contributed by atoms with E-state index in [1.54, 1.807) is 25.5 Å². The summed E-state index contributed by atoms with van der Waals surface area (Å²) in [6.45, 7) is -0.257. The predicted octanol–water partition coefficient (Wildman–Crippen LogP) is 0.411. The van der Waals surface area contributed by atoms with Crippen LogP contribution >= 0.6 is 0 Å². The van der Waals surface area contributed by atoms with Gasteiger partial charge in [0.15, 0.2) is 5.69 Å². The lowest BCUT2D eigenvalue weighted by Crippen LogP contribution is -2.39. The Bertz CT molecular complexity index is 989. The van der Waals surface area contributed by atoms with Crippen LogP contribution < -0.4 is 21.3 Å². The summed E-state index contributed by atoms with van der Waals surface area (Å²) in [6, 6.07) is 3.64. The van der Waals surface area contributed by atoms with Crippen molar-refractivity contribution >= 4 is 28.9 Å². The van der Waals surface area contributed by atoms with Crippen molar-refractivity contribution in [3.63, 3.8) is 0 Å². The molecule has 2 amide bonds. The molecule has 1 fully saturated rings. The lowest BCUT2D eigenvalue weighted by Gasteiger charge is -2.15. The third-order valence-electron chi connectivity index (χ3n) is 4.40. The number of hydrogen-bond donors (Lipinski definition) is 6. The molecule has 2 aromatic rings. The predicted molar refractivity (Wildman–Crippen MR) is 114 cm³/mol. The standard InChI is InChI=1S/C20H24N8O3/c1-22-10-16(17(21)19(30)25-6-7-29)28-20(31)18-15(26-13-8-23-11-24-9-13)5-4-14(27-18)12-2-3-12/h4-5,8-12,21-22,26,29H,2-3,6-7H2,1H3,(H,25,30)(H,28,31)/b16-10+,21-17?. The van der Waals surface area contributed by atoms with Crippen molar-refractivity contribution < 1.29 is 14.7 Å². The molecule has 0 unspecified atom stereocenters. The molecule has 11 nitrogen and oxygen atoms in total. The highest BCUT2D eigenvalue weighted by Gasteiger charge is 2.27. The maximum Gasteiger partial charge on any atom is 0.276 e. The summed E-state index contributed by atoms with van der Waals surface area (Å²) in [5.74, 6) is -0.978. The lowest BCUT2D eigenvalue weighted by atomic mass is 10.2. The van der Waals surface area contributed by atoms with Gasteiger partial charge in [-0.15, -0.1) is 0 Å². The number of nitrogens with zero attached hydrogens (tertiary/aromatic N) is 3. The second kappa shape index (κ2) is 10.3.